The van der Waals surface area contributed by atoms with Crippen molar-refractivity contribution in [2.45, 2.75) is 31.5 Å². The van der Waals surface area contributed by atoms with Gasteiger partial charge in [0.15, 0.2) is 0 Å². The summed E-state index contributed by atoms with van der Waals surface area (Å²) in [6.45, 7) is 1.02. The van der Waals surface area contributed by atoms with Gasteiger partial charge in [-0.25, -0.2) is 4.79 Å². The van der Waals surface area contributed by atoms with E-state index in [9.17, 15) is 24.3 Å². The van der Waals surface area contributed by atoms with Gasteiger partial charge in [-0.15, -0.1) is 0 Å². The minimum absolute atomic E-state index is 0.00419. The van der Waals surface area contributed by atoms with Crippen LogP contribution in [0.15, 0.2) is 30.5 Å². The summed E-state index contributed by atoms with van der Waals surface area (Å²) in [6, 6.07) is 4.47. The van der Waals surface area contributed by atoms with Crippen LogP contribution in [-0.2, 0) is 25.6 Å². The standard InChI is InChI=1S/C19H25N5O5S/c1-10(20)17(26)24-15(9-30)18(27)22-8-16(25)23-14(19(28)29)6-11-7-21-13-5-3-2-4-12(11)13/h2-5,7,10,14-15,21,30H,6,8-9,20H2,1H3,(H,22,27)(H,23,25)(H,24,26)(H,28,29). The number of H-pyrrole nitrogens is 1. The zero-order chi connectivity index (χ0) is 22.3. The number of rotatable bonds is 10. The van der Waals surface area contributed by atoms with Crippen LogP contribution in [0.25, 0.3) is 10.9 Å². The average molecular weight is 436 g/mol. The van der Waals surface area contributed by atoms with Crippen molar-refractivity contribution in [1.29, 1.82) is 0 Å². The zero-order valence-electron chi connectivity index (χ0n) is 16.3. The van der Waals surface area contributed by atoms with E-state index in [1.807, 2.05) is 24.3 Å². The molecule has 2 aromatic rings. The number of carboxylic acids is 1. The lowest BCUT2D eigenvalue weighted by Crippen LogP contribution is -2.53. The summed E-state index contributed by atoms with van der Waals surface area (Å²) in [5, 5.41) is 17.5. The van der Waals surface area contributed by atoms with E-state index in [2.05, 4.69) is 33.6 Å². The number of carbonyl (C=O) groups is 4. The van der Waals surface area contributed by atoms with Crippen LogP contribution in [0.4, 0.5) is 0 Å². The van der Waals surface area contributed by atoms with E-state index in [4.69, 9.17) is 5.73 Å². The smallest absolute Gasteiger partial charge is 0.326 e. The summed E-state index contributed by atoms with van der Waals surface area (Å²) in [5.74, 6) is -3.02. The SMILES string of the molecule is CC(N)C(=O)NC(CS)C(=O)NCC(=O)NC(Cc1c[nH]c2ccccc12)C(=O)O. The molecule has 3 unspecified atom stereocenters. The molecule has 0 aliphatic rings. The second-order valence-corrected chi connectivity index (χ2v) is 7.14. The Labute approximate surface area is 178 Å². The number of thiol groups is 1. The van der Waals surface area contributed by atoms with E-state index >= 15 is 0 Å². The van der Waals surface area contributed by atoms with Crippen molar-refractivity contribution >= 4 is 47.2 Å². The molecule has 0 aliphatic carbocycles. The van der Waals surface area contributed by atoms with Gasteiger partial charge in [-0.3, -0.25) is 14.4 Å². The van der Waals surface area contributed by atoms with Crippen LogP contribution in [-0.4, -0.2) is 64.2 Å². The highest BCUT2D eigenvalue weighted by atomic mass is 32.1. The first kappa shape index (κ1) is 23.2. The number of carbonyl (C=O) groups excluding carboxylic acids is 3. The predicted molar refractivity (Wildman–Crippen MR) is 114 cm³/mol. The molecular weight excluding hydrogens is 410 g/mol. The first-order valence-electron chi connectivity index (χ1n) is 9.24. The molecule has 0 aliphatic heterocycles. The minimum Gasteiger partial charge on any atom is -0.480 e. The highest BCUT2D eigenvalue weighted by Crippen LogP contribution is 2.19. The van der Waals surface area contributed by atoms with Crippen molar-refractivity contribution in [3.63, 3.8) is 0 Å². The first-order valence-corrected chi connectivity index (χ1v) is 9.87. The molecule has 0 saturated heterocycles. The van der Waals surface area contributed by atoms with E-state index in [1.165, 1.54) is 6.92 Å². The molecule has 7 N–H and O–H groups in total. The van der Waals surface area contributed by atoms with Crippen LogP contribution < -0.4 is 21.7 Å². The summed E-state index contributed by atoms with van der Waals surface area (Å²) < 4.78 is 0. The third kappa shape index (κ3) is 6.22. The maximum Gasteiger partial charge on any atom is 0.326 e. The van der Waals surface area contributed by atoms with Crippen molar-refractivity contribution in [2.24, 2.45) is 5.73 Å². The predicted octanol–water partition coefficient (Wildman–Crippen LogP) is -0.842. The molecule has 1 aromatic carbocycles. The number of carboxylic acid groups (broad SMARTS) is 1. The van der Waals surface area contributed by atoms with Gasteiger partial charge >= 0.3 is 5.97 Å². The second-order valence-electron chi connectivity index (χ2n) is 6.77. The highest BCUT2D eigenvalue weighted by molar-refractivity contribution is 7.80. The van der Waals surface area contributed by atoms with Gasteiger partial charge in [-0.05, 0) is 18.6 Å². The van der Waals surface area contributed by atoms with E-state index in [0.29, 0.717) is 0 Å². The summed E-state index contributed by atoms with van der Waals surface area (Å²) in [4.78, 5) is 50.6. The van der Waals surface area contributed by atoms with Gasteiger partial charge in [0.25, 0.3) is 0 Å². The number of nitrogens with two attached hydrogens (primary N) is 1. The Morgan fingerprint density at radius 3 is 2.47 bits per heavy atom. The van der Waals surface area contributed by atoms with Crippen LogP contribution in [0.5, 0.6) is 0 Å². The van der Waals surface area contributed by atoms with Crippen molar-refractivity contribution < 1.29 is 24.3 Å². The van der Waals surface area contributed by atoms with Crippen molar-refractivity contribution in [3.8, 4) is 0 Å². The number of amides is 3. The minimum atomic E-state index is -1.20. The molecule has 2 rings (SSSR count). The quantitative estimate of drug-likeness (QED) is 0.240. The number of benzene rings is 1. The Hall–Kier alpha value is -3.05. The molecule has 0 saturated carbocycles. The summed E-state index contributed by atoms with van der Waals surface area (Å²) in [5.41, 5.74) is 7.05. The topological polar surface area (TPSA) is 166 Å². The number of hydrogen-bond donors (Lipinski definition) is 7. The molecule has 30 heavy (non-hydrogen) atoms. The molecule has 0 radical (unpaired) electrons. The summed E-state index contributed by atoms with van der Waals surface area (Å²) >= 11 is 4.01. The molecule has 0 fully saturated rings. The third-order valence-electron chi connectivity index (χ3n) is 4.38. The van der Waals surface area contributed by atoms with Gasteiger partial charge in [-0.1, -0.05) is 18.2 Å². The molecule has 11 heteroatoms. The Balaban J connectivity index is 1.93. The van der Waals surface area contributed by atoms with Gasteiger partial charge in [0.2, 0.25) is 17.7 Å². The molecule has 0 spiro atoms. The normalized spacial score (nSPS) is 13.8. The van der Waals surface area contributed by atoms with Gasteiger partial charge < -0.3 is 31.8 Å². The number of aromatic nitrogens is 1. The highest BCUT2D eigenvalue weighted by Gasteiger charge is 2.24. The number of nitrogens with one attached hydrogen (secondary N) is 4. The Kier molecular flexibility index (Phi) is 8.25. The average Bonchev–Trinajstić information content (AvgIpc) is 3.12. The molecule has 3 atom stereocenters. The molecule has 0 bridgehead atoms. The summed E-state index contributed by atoms with van der Waals surface area (Å²) in [7, 11) is 0. The van der Waals surface area contributed by atoms with Crippen LogP contribution >= 0.6 is 12.6 Å². The Morgan fingerprint density at radius 1 is 1.13 bits per heavy atom. The number of hydrogen-bond acceptors (Lipinski definition) is 6. The van der Waals surface area contributed by atoms with E-state index in [1.54, 1.807) is 6.20 Å². The van der Waals surface area contributed by atoms with Gasteiger partial charge in [0.1, 0.15) is 12.1 Å². The maximum atomic E-state index is 12.2. The van der Waals surface area contributed by atoms with E-state index < -0.39 is 48.4 Å². The van der Waals surface area contributed by atoms with Crippen LogP contribution in [0.2, 0.25) is 0 Å². The van der Waals surface area contributed by atoms with Gasteiger partial charge in [-0.2, -0.15) is 12.6 Å². The van der Waals surface area contributed by atoms with E-state index in [-0.39, 0.29) is 12.2 Å². The maximum absolute atomic E-state index is 12.2. The summed E-state index contributed by atoms with van der Waals surface area (Å²) in [6.07, 6.45) is 1.77. The number of fused-ring (bicyclic) bond motifs is 1. The fourth-order valence-corrected chi connectivity index (χ4v) is 3.01. The monoisotopic (exact) mass is 435 g/mol. The fraction of sp³-hybridized carbons (Fsp3) is 0.368. The van der Waals surface area contributed by atoms with Gasteiger partial charge in [0.05, 0.1) is 12.6 Å². The van der Waals surface area contributed by atoms with Crippen molar-refractivity contribution in [2.75, 3.05) is 12.3 Å². The Bertz CT molecular complexity index is 929. The fourth-order valence-electron chi connectivity index (χ4n) is 2.75. The largest absolute Gasteiger partial charge is 0.480 e. The molecular formula is C19H25N5O5S. The number of para-hydroxylation sites is 1. The van der Waals surface area contributed by atoms with Crippen LogP contribution in [0.3, 0.4) is 0 Å². The molecule has 10 nitrogen and oxygen atoms in total. The molecule has 162 valence electrons. The van der Waals surface area contributed by atoms with Gasteiger partial charge in [0, 0.05) is 29.3 Å². The Morgan fingerprint density at radius 2 is 1.83 bits per heavy atom. The number of aliphatic carboxylic acids is 1. The van der Waals surface area contributed by atoms with Crippen LogP contribution in [0, 0.1) is 0 Å². The lowest BCUT2D eigenvalue weighted by Gasteiger charge is -2.18. The first-order chi connectivity index (χ1) is 14.2. The van der Waals surface area contributed by atoms with Crippen molar-refractivity contribution in [1.82, 2.24) is 20.9 Å². The number of aromatic amines is 1. The lowest BCUT2D eigenvalue weighted by molar-refractivity contribution is -0.141. The van der Waals surface area contributed by atoms with Crippen molar-refractivity contribution in [3.05, 3.63) is 36.0 Å². The molecule has 1 aromatic heterocycles. The lowest BCUT2D eigenvalue weighted by atomic mass is 10.0. The second kappa shape index (κ2) is 10.6. The third-order valence-corrected chi connectivity index (χ3v) is 4.75. The molecule has 3 amide bonds. The zero-order valence-corrected chi connectivity index (χ0v) is 17.2. The van der Waals surface area contributed by atoms with Crippen LogP contribution in [0.1, 0.15) is 12.5 Å². The van der Waals surface area contributed by atoms with E-state index in [0.717, 1.165) is 16.5 Å². The molecule has 1 heterocycles.